The number of methoxy groups -OCH3 is 1. The fourth-order valence-corrected chi connectivity index (χ4v) is 1.89. The van der Waals surface area contributed by atoms with Gasteiger partial charge in [0.05, 0.1) is 7.11 Å². The molecule has 94 valence electrons. The Bertz CT molecular complexity index is 634. The SMILES string of the molecule is COc1nc(N)nc2c1ncn2/C=C1\C[C@@H]1CO. The van der Waals surface area contributed by atoms with Crippen LogP contribution in [0.4, 0.5) is 5.95 Å². The van der Waals surface area contributed by atoms with E-state index in [0.717, 1.165) is 6.42 Å². The quantitative estimate of drug-likeness (QED) is 0.807. The van der Waals surface area contributed by atoms with Crippen LogP contribution in [0, 0.1) is 5.92 Å². The second-order valence-electron chi connectivity index (χ2n) is 4.20. The number of fused-ring (bicyclic) bond motifs is 1. The van der Waals surface area contributed by atoms with E-state index in [1.807, 2.05) is 6.20 Å². The van der Waals surface area contributed by atoms with Gasteiger partial charge in [-0.05, 0) is 12.0 Å². The van der Waals surface area contributed by atoms with E-state index in [2.05, 4.69) is 15.0 Å². The van der Waals surface area contributed by atoms with Crippen LogP contribution in [0.15, 0.2) is 11.9 Å². The molecule has 2 heterocycles. The third-order valence-corrected chi connectivity index (χ3v) is 2.97. The summed E-state index contributed by atoms with van der Waals surface area (Å²) < 4.78 is 6.90. The molecule has 3 rings (SSSR count). The van der Waals surface area contributed by atoms with E-state index in [0.29, 0.717) is 17.0 Å². The maximum Gasteiger partial charge on any atom is 0.246 e. The predicted molar refractivity (Wildman–Crippen MR) is 65.8 cm³/mol. The normalized spacial score (nSPS) is 20.6. The van der Waals surface area contributed by atoms with Crippen molar-refractivity contribution < 1.29 is 9.84 Å². The number of hydrogen-bond acceptors (Lipinski definition) is 6. The van der Waals surface area contributed by atoms with Crippen LogP contribution >= 0.6 is 0 Å². The Morgan fingerprint density at radius 3 is 3.11 bits per heavy atom. The Kier molecular flexibility index (Phi) is 2.41. The minimum Gasteiger partial charge on any atom is -0.479 e. The van der Waals surface area contributed by atoms with Gasteiger partial charge in [-0.1, -0.05) is 0 Å². The van der Waals surface area contributed by atoms with Crippen LogP contribution in [0.5, 0.6) is 5.88 Å². The first-order valence-corrected chi connectivity index (χ1v) is 5.58. The van der Waals surface area contributed by atoms with Gasteiger partial charge >= 0.3 is 0 Å². The Hall–Kier alpha value is -2.15. The second-order valence-corrected chi connectivity index (χ2v) is 4.20. The number of hydrogen-bond donors (Lipinski definition) is 2. The number of rotatable bonds is 3. The Balaban J connectivity index is 2.09. The van der Waals surface area contributed by atoms with E-state index in [1.54, 1.807) is 10.9 Å². The van der Waals surface area contributed by atoms with Crippen molar-refractivity contribution in [1.29, 1.82) is 0 Å². The van der Waals surface area contributed by atoms with Crippen LogP contribution in [0.1, 0.15) is 6.42 Å². The molecular weight excluding hydrogens is 234 g/mol. The Morgan fingerprint density at radius 1 is 1.61 bits per heavy atom. The molecule has 1 saturated carbocycles. The molecule has 18 heavy (non-hydrogen) atoms. The molecule has 7 nitrogen and oxygen atoms in total. The van der Waals surface area contributed by atoms with E-state index in [1.165, 1.54) is 12.7 Å². The summed E-state index contributed by atoms with van der Waals surface area (Å²) in [6.45, 7) is 0.179. The molecule has 1 aliphatic rings. The van der Waals surface area contributed by atoms with Crippen molar-refractivity contribution in [2.24, 2.45) is 5.92 Å². The van der Waals surface area contributed by atoms with Crippen molar-refractivity contribution in [2.75, 3.05) is 19.5 Å². The number of nitrogens with two attached hydrogens (primary N) is 1. The Labute approximate surface area is 103 Å². The van der Waals surface area contributed by atoms with E-state index in [-0.39, 0.29) is 18.5 Å². The third kappa shape index (κ3) is 1.68. The summed E-state index contributed by atoms with van der Waals surface area (Å²) in [6, 6.07) is 0. The fourth-order valence-electron chi connectivity index (χ4n) is 1.89. The van der Waals surface area contributed by atoms with Crippen molar-refractivity contribution in [2.45, 2.75) is 6.42 Å². The lowest BCUT2D eigenvalue weighted by Crippen LogP contribution is -2.00. The number of ether oxygens (including phenoxy) is 1. The van der Waals surface area contributed by atoms with E-state index in [4.69, 9.17) is 15.6 Å². The van der Waals surface area contributed by atoms with Gasteiger partial charge in [0.1, 0.15) is 6.33 Å². The van der Waals surface area contributed by atoms with Gasteiger partial charge in [-0.25, -0.2) is 4.98 Å². The summed E-state index contributed by atoms with van der Waals surface area (Å²) in [6.07, 6.45) is 4.47. The molecule has 0 amide bonds. The lowest BCUT2D eigenvalue weighted by atomic mass is 10.4. The van der Waals surface area contributed by atoms with Gasteiger partial charge in [0.2, 0.25) is 11.8 Å². The summed E-state index contributed by atoms with van der Waals surface area (Å²) in [4.78, 5) is 12.3. The molecule has 2 aromatic heterocycles. The molecule has 0 unspecified atom stereocenters. The number of aliphatic hydroxyl groups is 1. The summed E-state index contributed by atoms with van der Waals surface area (Å²) in [7, 11) is 1.52. The first kappa shape index (κ1) is 11.0. The van der Waals surface area contributed by atoms with Crippen molar-refractivity contribution in [3.05, 3.63) is 11.9 Å². The highest BCUT2D eigenvalue weighted by Crippen LogP contribution is 2.38. The predicted octanol–water partition coefficient (Wildman–Crippen LogP) is 0.270. The van der Waals surface area contributed by atoms with Crippen molar-refractivity contribution >= 4 is 23.3 Å². The van der Waals surface area contributed by atoms with Crippen LogP contribution < -0.4 is 10.5 Å². The number of nitrogens with zero attached hydrogens (tertiary/aromatic N) is 4. The summed E-state index contributed by atoms with van der Waals surface area (Å²) in [5.41, 5.74) is 7.98. The van der Waals surface area contributed by atoms with Crippen molar-refractivity contribution in [3.63, 3.8) is 0 Å². The highest BCUT2D eigenvalue weighted by Gasteiger charge is 2.29. The molecule has 3 N–H and O–H groups in total. The summed E-state index contributed by atoms with van der Waals surface area (Å²) in [5, 5.41) is 9.01. The Morgan fingerprint density at radius 2 is 2.44 bits per heavy atom. The minimum atomic E-state index is 0.147. The van der Waals surface area contributed by atoms with Crippen LogP contribution in [-0.4, -0.2) is 38.3 Å². The zero-order chi connectivity index (χ0) is 12.7. The number of nitrogen functional groups attached to an aromatic ring is 1. The standard InChI is InChI=1S/C11H13N5O2/c1-18-10-8-9(14-11(12)15-10)16(5-13-8)3-6-2-7(6)4-17/h3,5,7,17H,2,4H2,1H3,(H2,12,14,15)/b6-3+/t7-/m1/s1. The highest BCUT2D eigenvalue weighted by atomic mass is 16.5. The molecule has 1 aliphatic carbocycles. The van der Waals surface area contributed by atoms with E-state index in [9.17, 15) is 0 Å². The molecule has 2 aromatic rings. The molecule has 1 atom stereocenters. The molecule has 0 radical (unpaired) electrons. The molecule has 0 bridgehead atoms. The summed E-state index contributed by atoms with van der Waals surface area (Å²) >= 11 is 0. The van der Waals surface area contributed by atoms with Crippen LogP contribution in [0.3, 0.4) is 0 Å². The smallest absolute Gasteiger partial charge is 0.246 e. The number of imidazole rings is 1. The fraction of sp³-hybridized carbons (Fsp3) is 0.364. The largest absolute Gasteiger partial charge is 0.479 e. The first-order valence-electron chi connectivity index (χ1n) is 5.58. The van der Waals surface area contributed by atoms with Crippen molar-refractivity contribution in [3.8, 4) is 5.88 Å². The van der Waals surface area contributed by atoms with Crippen LogP contribution in [0.2, 0.25) is 0 Å². The lowest BCUT2D eigenvalue weighted by Gasteiger charge is -2.01. The van der Waals surface area contributed by atoms with Crippen molar-refractivity contribution in [1.82, 2.24) is 19.5 Å². The van der Waals surface area contributed by atoms with E-state index < -0.39 is 0 Å². The number of anilines is 1. The molecule has 0 aromatic carbocycles. The topological polar surface area (TPSA) is 99.1 Å². The van der Waals surface area contributed by atoms with Gasteiger partial charge in [-0.3, -0.25) is 4.57 Å². The lowest BCUT2D eigenvalue weighted by molar-refractivity contribution is 0.281. The average Bonchev–Trinajstić information content (AvgIpc) is 3.01. The third-order valence-electron chi connectivity index (χ3n) is 2.97. The molecule has 7 heteroatoms. The summed E-state index contributed by atoms with van der Waals surface area (Å²) in [5.74, 6) is 0.779. The molecule has 0 aliphatic heterocycles. The minimum absolute atomic E-state index is 0.147. The van der Waals surface area contributed by atoms with Gasteiger partial charge in [0.25, 0.3) is 0 Å². The van der Waals surface area contributed by atoms with Gasteiger partial charge < -0.3 is 15.6 Å². The molecule has 0 saturated heterocycles. The van der Waals surface area contributed by atoms with Gasteiger partial charge in [-0.2, -0.15) is 9.97 Å². The first-order chi connectivity index (χ1) is 8.72. The monoisotopic (exact) mass is 247 g/mol. The van der Waals surface area contributed by atoms with Gasteiger partial charge in [0.15, 0.2) is 11.2 Å². The zero-order valence-corrected chi connectivity index (χ0v) is 9.87. The maximum atomic E-state index is 9.01. The van der Waals surface area contributed by atoms with Crippen LogP contribution in [-0.2, 0) is 0 Å². The maximum absolute atomic E-state index is 9.01. The second kappa shape index (κ2) is 3.95. The van der Waals surface area contributed by atoms with Crippen LogP contribution in [0.25, 0.3) is 17.4 Å². The molecule has 1 fully saturated rings. The number of aliphatic hydroxyl groups excluding tert-OH is 1. The van der Waals surface area contributed by atoms with E-state index >= 15 is 0 Å². The van der Waals surface area contributed by atoms with Gasteiger partial charge in [0, 0.05) is 18.7 Å². The molecule has 0 spiro atoms. The molecular formula is C11H13N5O2. The van der Waals surface area contributed by atoms with Gasteiger partial charge in [-0.15, -0.1) is 0 Å². The number of aromatic nitrogens is 4. The average molecular weight is 247 g/mol. The highest BCUT2D eigenvalue weighted by molar-refractivity contribution is 5.79. The zero-order valence-electron chi connectivity index (χ0n) is 9.87.